The number of benzene rings is 1. The number of hydrogen-bond donors (Lipinski definition) is 2. The van der Waals surface area contributed by atoms with Gasteiger partial charge in [0, 0.05) is 5.69 Å². The lowest BCUT2D eigenvalue weighted by Crippen LogP contribution is -1.81. The summed E-state index contributed by atoms with van der Waals surface area (Å²) in [5.41, 5.74) is 9.22. The maximum absolute atomic E-state index is 5.56. The number of nitrogens with two attached hydrogens (primary N) is 1. The Morgan fingerprint density at radius 2 is 1.92 bits per heavy atom. The molecule has 1 aromatic heterocycles. The van der Waals surface area contributed by atoms with Crippen LogP contribution in [-0.2, 0) is 0 Å². The number of fused-ring (bicyclic) bond motifs is 1. The third-order valence-corrected chi connectivity index (χ3v) is 2.15. The van der Waals surface area contributed by atoms with Crippen molar-refractivity contribution < 1.29 is 0 Å². The molecule has 1 aromatic carbocycles. The van der Waals surface area contributed by atoms with Crippen molar-refractivity contribution in [3.8, 4) is 0 Å². The molecule has 5 N–H and O–H groups in total. The minimum Gasteiger partial charge on any atom is -0.399 e. The van der Waals surface area contributed by atoms with Crippen molar-refractivity contribution in [2.24, 2.45) is 0 Å². The molecule has 0 unspecified atom stereocenters. The molecule has 0 amide bonds. The predicted octanol–water partition coefficient (Wildman–Crippen LogP) is 2.88. The zero-order valence-electron chi connectivity index (χ0n) is 6.77. The van der Waals surface area contributed by atoms with Crippen LogP contribution in [0.2, 0.25) is 0 Å². The van der Waals surface area contributed by atoms with Crippen LogP contribution in [0.1, 0.15) is 0 Å². The highest BCUT2D eigenvalue weighted by molar-refractivity contribution is 7.16. The van der Waals surface area contributed by atoms with Gasteiger partial charge in [0.05, 0.1) is 15.7 Å². The van der Waals surface area contributed by atoms with E-state index in [4.69, 9.17) is 5.73 Å². The van der Waals surface area contributed by atoms with Crippen LogP contribution in [-0.4, -0.2) is 4.98 Å². The van der Waals surface area contributed by atoms with E-state index in [0.29, 0.717) is 0 Å². The Balaban J connectivity index is 0. The third-order valence-electron chi connectivity index (χ3n) is 1.36. The van der Waals surface area contributed by atoms with E-state index < -0.39 is 0 Å². The van der Waals surface area contributed by atoms with E-state index in [1.54, 1.807) is 11.3 Å². The van der Waals surface area contributed by atoms with E-state index in [2.05, 4.69) is 4.98 Å². The fraction of sp³-hybridized carbons (Fsp3) is 0. The van der Waals surface area contributed by atoms with E-state index in [1.165, 1.54) is 0 Å². The Bertz CT molecular complexity index is 363. The summed E-state index contributed by atoms with van der Waals surface area (Å²) in [5, 5.41) is 0. The summed E-state index contributed by atoms with van der Waals surface area (Å²) in [5.74, 6) is 0. The lowest BCUT2D eigenvalue weighted by Gasteiger charge is -1.89. The fourth-order valence-corrected chi connectivity index (χ4v) is 1.60. The highest BCUT2D eigenvalue weighted by atomic mass is 35.5. The maximum atomic E-state index is 5.56. The molecule has 6 heteroatoms. The molecule has 74 valence electrons. The van der Waals surface area contributed by atoms with Gasteiger partial charge in [0.25, 0.3) is 0 Å². The molecule has 1 heterocycles. The second-order valence-electron chi connectivity index (χ2n) is 2.08. The van der Waals surface area contributed by atoms with Gasteiger partial charge in [0.15, 0.2) is 0 Å². The van der Waals surface area contributed by atoms with Gasteiger partial charge in [-0.2, -0.15) is 0 Å². The van der Waals surface area contributed by atoms with Crippen LogP contribution in [0.4, 0.5) is 5.69 Å². The number of hydrogen-bond acceptors (Lipinski definition) is 4. The summed E-state index contributed by atoms with van der Waals surface area (Å²) in [6.45, 7) is 0. The molecule has 0 aliphatic carbocycles. The first-order valence-corrected chi connectivity index (χ1v) is 3.83. The van der Waals surface area contributed by atoms with Gasteiger partial charge < -0.3 is 11.9 Å². The Morgan fingerprint density at radius 3 is 2.62 bits per heavy atom. The fourth-order valence-electron chi connectivity index (χ4n) is 0.872. The van der Waals surface area contributed by atoms with Crippen molar-refractivity contribution >= 4 is 52.1 Å². The quantitative estimate of drug-likeness (QED) is 0.695. The topological polar surface area (TPSA) is 73.9 Å². The number of aromatic nitrogens is 1. The van der Waals surface area contributed by atoms with E-state index >= 15 is 0 Å². The Kier molecular flexibility index (Phi) is 6.89. The summed E-state index contributed by atoms with van der Waals surface area (Å²) in [4.78, 5) is 4.12. The molecule has 0 bridgehead atoms. The van der Waals surface area contributed by atoms with Gasteiger partial charge in [-0.1, -0.05) is 0 Å². The number of rotatable bonds is 0. The molecule has 0 saturated heterocycles. The lowest BCUT2D eigenvalue weighted by atomic mass is 10.3. The van der Waals surface area contributed by atoms with E-state index in [9.17, 15) is 0 Å². The molecule has 3 nitrogen and oxygen atoms in total. The maximum Gasteiger partial charge on any atom is 0.0813 e. The number of nitrogen functional groups attached to an aromatic ring is 1. The van der Waals surface area contributed by atoms with Gasteiger partial charge >= 0.3 is 0 Å². The molecule has 13 heavy (non-hydrogen) atoms. The van der Waals surface area contributed by atoms with Crippen LogP contribution >= 0.6 is 36.2 Å². The van der Waals surface area contributed by atoms with E-state index in [-0.39, 0.29) is 31.0 Å². The van der Waals surface area contributed by atoms with E-state index in [0.717, 1.165) is 15.9 Å². The number of anilines is 1. The average molecular weight is 240 g/mol. The van der Waals surface area contributed by atoms with Crippen LogP contribution in [0, 0.1) is 0 Å². The number of nitrogens with zero attached hydrogens (tertiary/aromatic N) is 1. The summed E-state index contributed by atoms with van der Waals surface area (Å²) in [6, 6.07) is 5.73. The molecular formula is C7H11Cl2N3S. The first-order chi connectivity index (χ1) is 4.86. The normalized spacial score (nSPS) is 8.00. The van der Waals surface area contributed by atoms with Crippen molar-refractivity contribution in [2.75, 3.05) is 5.73 Å². The zero-order valence-corrected chi connectivity index (χ0v) is 9.22. The summed E-state index contributed by atoms with van der Waals surface area (Å²) in [7, 11) is 0. The molecule has 0 aliphatic rings. The second-order valence-corrected chi connectivity index (χ2v) is 2.97. The highest BCUT2D eigenvalue weighted by Gasteiger charge is 1.93. The largest absolute Gasteiger partial charge is 0.399 e. The minimum absolute atomic E-state index is 0. The van der Waals surface area contributed by atoms with Gasteiger partial charge in [0.1, 0.15) is 0 Å². The highest BCUT2D eigenvalue weighted by Crippen LogP contribution is 2.19. The number of thiazole rings is 1. The molecule has 0 saturated carbocycles. The molecular weight excluding hydrogens is 229 g/mol. The van der Waals surface area contributed by atoms with Crippen LogP contribution in [0.25, 0.3) is 10.2 Å². The van der Waals surface area contributed by atoms with Crippen LogP contribution in [0.3, 0.4) is 0 Å². The van der Waals surface area contributed by atoms with Gasteiger partial charge in [0.2, 0.25) is 0 Å². The van der Waals surface area contributed by atoms with Gasteiger partial charge in [-0.25, -0.2) is 4.98 Å². The standard InChI is InChI=1S/C7H6N2S.2ClH.H3N/c8-5-1-2-6-7(3-5)10-4-9-6;;;/h1-4H,8H2;2*1H;1H3. The Morgan fingerprint density at radius 1 is 1.23 bits per heavy atom. The predicted molar refractivity (Wildman–Crippen MR) is 63.6 cm³/mol. The Labute approximate surface area is 92.8 Å². The summed E-state index contributed by atoms with van der Waals surface area (Å²) < 4.78 is 1.15. The lowest BCUT2D eigenvalue weighted by molar-refractivity contribution is 1.50. The zero-order chi connectivity index (χ0) is 6.97. The van der Waals surface area contributed by atoms with Crippen molar-refractivity contribution in [2.45, 2.75) is 0 Å². The first-order valence-electron chi connectivity index (χ1n) is 2.95. The van der Waals surface area contributed by atoms with Crippen LogP contribution in [0.15, 0.2) is 23.7 Å². The van der Waals surface area contributed by atoms with Gasteiger partial charge in [-0.05, 0) is 18.2 Å². The Hall–Kier alpha value is -0.550. The summed E-state index contributed by atoms with van der Waals surface area (Å²) in [6.07, 6.45) is 0. The summed E-state index contributed by atoms with van der Waals surface area (Å²) >= 11 is 1.61. The van der Waals surface area contributed by atoms with Crippen molar-refractivity contribution in [3.63, 3.8) is 0 Å². The second kappa shape index (κ2) is 5.99. The van der Waals surface area contributed by atoms with Crippen LogP contribution < -0.4 is 11.9 Å². The molecule has 0 atom stereocenters. The molecule has 0 fully saturated rings. The van der Waals surface area contributed by atoms with Crippen molar-refractivity contribution in [1.82, 2.24) is 11.1 Å². The molecule has 0 radical (unpaired) electrons. The smallest absolute Gasteiger partial charge is 0.0813 e. The first kappa shape index (κ1) is 14.9. The molecule has 0 aliphatic heterocycles. The third kappa shape index (κ3) is 3.00. The van der Waals surface area contributed by atoms with Crippen molar-refractivity contribution in [1.29, 1.82) is 0 Å². The van der Waals surface area contributed by atoms with Crippen LogP contribution in [0.5, 0.6) is 0 Å². The van der Waals surface area contributed by atoms with E-state index in [1.807, 2.05) is 23.7 Å². The van der Waals surface area contributed by atoms with Crippen molar-refractivity contribution in [3.05, 3.63) is 23.7 Å². The molecule has 2 rings (SSSR count). The molecule has 0 spiro atoms. The average Bonchev–Trinajstić information content (AvgIpc) is 2.33. The SMILES string of the molecule is Cl.Cl.N.Nc1ccc2ncsc2c1. The monoisotopic (exact) mass is 239 g/mol. The van der Waals surface area contributed by atoms with Gasteiger partial charge in [-0.15, -0.1) is 36.2 Å². The minimum atomic E-state index is 0. The number of halogens is 2. The molecule has 2 aromatic rings. The van der Waals surface area contributed by atoms with Gasteiger partial charge in [-0.3, -0.25) is 0 Å².